The van der Waals surface area contributed by atoms with E-state index >= 15 is 0 Å². The first-order valence-corrected chi connectivity index (χ1v) is 7.22. The monoisotopic (exact) mass is 201 g/mol. The van der Waals surface area contributed by atoms with E-state index in [1.165, 1.54) is 4.90 Å². The van der Waals surface area contributed by atoms with E-state index in [0.29, 0.717) is 10.9 Å². The van der Waals surface area contributed by atoms with Gasteiger partial charge >= 0.3 is 0 Å². The quantitative estimate of drug-likeness (QED) is 0.667. The largest absolute Gasteiger partial charge is 0.612 e. The van der Waals surface area contributed by atoms with Crippen LogP contribution in [0.3, 0.4) is 0 Å². The van der Waals surface area contributed by atoms with Gasteiger partial charge in [0.1, 0.15) is 18.8 Å². The lowest BCUT2D eigenvalue weighted by atomic mass is 10.4. The SMILES string of the molecule is C[S+](C)c1ccc([S+](C)[O-])cc1. The predicted molar refractivity (Wildman–Crippen MR) is 56.3 cm³/mol. The molecule has 0 amide bonds. The lowest BCUT2D eigenvalue weighted by molar-refractivity contribution is 0.601. The summed E-state index contributed by atoms with van der Waals surface area (Å²) in [5.41, 5.74) is 0. The van der Waals surface area contributed by atoms with Gasteiger partial charge in [0.05, 0.1) is 0 Å². The van der Waals surface area contributed by atoms with Crippen molar-refractivity contribution in [1.82, 2.24) is 0 Å². The van der Waals surface area contributed by atoms with Crippen LogP contribution in [-0.2, 0) is 22.1 Å². The normalized spacial score (nSPS) is 13.4. The minimum atomic E-state index is -0.847. The zero-order valence-electron chi connectivity index (χ0n) is 7.53. The Morgan fingerprint density at radius 2 is 1.33 bits per heavy atom. The van der Waals surface area contributed by atoms with Gasteiger partial charge in [0.2, 0.25) is 0 Å². The summed E-state index contributed by atoms with van der Waals surface area (Å²) < 4.78 is 11.0. The summed E-state index contributed by atoms with van der Waals surface area (Å²) in [6.45, 7) is 0. The van der Waals surface area contributed by atoms with Gasteiger partial charge in [0, 0.05) is 10.9 Å². The van der Waals surface area contributed by atoms with E-state index in [1.54, 1.807) is 6.26 Å². The third kappa shape index (κ3) is 2.44. The lowest BCUT2D eigenvalue weighted by Crippen LogP contribution is -1.99. The molecule has 1 nitrogen and oxygen atoms in total. The second-order valence-electron chi connectivity index (χ2n) is 2.74. The molecule has 12 heavy (non-hydrogen) atoms. The van der Waals surface area contributed by atoms with Crippen molar-refractivity contribution in [2.75, 3.05) is 18.8 Å². The van der Waals surface area contributed by atoms with Crippen molar-refractivity contribution < 1.29 is 4.55 Å². The lowest BCUT2D eigenvalue weighted by Gasteiger charge is -2.03. The van der Waals surface area contributed by atoms with E-state index in [0.717, 1.165) is 4.90 Å². The maximum Gasteiger partial charge on any atom is 0.154 e. The van der Waals surface area contributed by atoms with Gasteiger partial charge in [-0.15, -0.1) is 0 Å². The van der Waals surface area contributed by atoms with Gasteiger partial charge in [-0.25, -0.2) is 0 Å². The summed E-state index contributed by atoms with van der Waals surface area (Å²) in [7, 11) is 0.301. The fourth-order valence-electron chi connectivity index (χ4n) is 0.903. The molecule has 1 rings (SSSR count). The Bertz CT molecular complexity index is 214. The second kappa shape index (κ2) is 4.21. The minimum absolute atomic E-state index is 0.301. The predicted octanol–water partition coefficient (Wildman–Crippen LogP) is 1.66. The molecule has 0 aliphatic rings. The van der Waals surface area contributed by atoms with Crippen molar-refractivity contribution in [2.24, 2.45) is 0 Å². The molecule has 0 heterocycles. The van der Waals surface area contributed by atoms with Crippen LogP contribution in [0.4, 0.5) is 0 Å². The highest BCUT2D eigenvalue weighted by molar-refractivity contribution is 7.95. The molecule has 0 aliphatic carbocycles. The van der Waals surface area contributed by atoms with Crippen molar-refractivity contribution in [1.29, 1.82) is 0 Å². The molecule has 1 unspecified atom stereocenters. The number of hydrogen-bond donors (Lipinski definition) is 0. The molecule has 0 saturated carbocycles. The van der Waals surface area contributed by atoms with Crippen molar-refractivity contribution in [3.05, 3.63) is 24.3 Å². The van der Waals surface area contributed by atoms with Crippen LogP contribution in [0, 0.1) is 0 Å². The first-order chi connectivity index (χ1) is 5.61. The highest BCUT2D eigenvalue weighted by Crippen LogP contribution is 2.13. The Hall–Kier alpha value is -0.120. The minimum Gasteiger partial charge on any atom is -0.612 e. The maximum absolute atomic E-state index is 11.0. The first kappa shape index (κ1) is 9.96. The van der Waals surface area contributed by atoms with Gasteiger partial charge in [-0.3, -0.25) is 0 Å². The van der Waals surface area contributed by atoms with Gasteiger partial charge in [0.25, 0.3) is 0 Å². The fourth-order valence-corrected chi connectivity index (χ4v) is 2.10. The standard InChI is InChI=1S/C9H13OS2/c1-11(2)8-4-6-9(7-5-8)12(3)10/h4-7H,1-3H3/q+1. The summed E-state index contributed by atoms with van der Waals surface area (Å²) in [6, 6.07) is 8.00. The molecule has 3 heteroatoms. The summed E-state index contributed by atoms with van der Waals surface area (Å²) >= 11 is -0.847. The van der Waals surface area contributed by atoms with E-state index in [9.17, 15) is 4.55 Å². The first-order valence-electron chi connectivity index (χ1n) is 3.62. The summed E-state index contributed by atoms with van der Waals surface area (Å²) in [5, 5.41) is 0. The smallest absolute Gasteiger partial charge is 0.154 e. The highest BCUT2D eigenvalue weighted by atomic mass is 32.2. The molecule has 66 valence electrons. The molecule has 1 aromatic rings. The average Bonchev–Trinajstić information content (AvgIpc) is 2.04. The number of hydrogen-bond acceptors (Lipinski definition) is 1. The molecule has 0 radical (unpaired) electrons. The van der Waals surface area contributed by atoms with Crippen LogP contribution < -0.4 is 0 Å². The van der Waals surface area contributed by atoms with Crippen LogP contribution >= 0.6 is 0 Å². The van der Waals surface area contributed by atoms with Crippen LogP contribution in [0.2, 0.25) is 0 Å². The Morgan fingerprint density at radius 1 is 0.917 bits per heavy atom. The fraction of sp³-hybridized carbons (Fsp3) is 0.333. The summed E-state index contributed by atoms with van der Waals surface area (Å²) in [4.78, 5) is 2.23. The van der Waals surface area contributed by atoms with E-state index in [1.807, 2.05) is 12.1 Å². The van der Waals surface area contributed by atoms with Crippen LogP contribution in [0.1, 0.15) is 0 Å². The van der Waals surface area contributed by atoms with Crippen LogP contribution in [0.15, 0.2) is 34.1 Å². The molecule has 1 aromatic carbocycles. The Morgan fingerprint density at radius 3 is 1.67 bits per heavy atom. The van der Waals surface area contributed by atoms with Crippen LogP contribution in [0.25, 0.3) is 0 Å². The van der Waals surface area contributed by atoms with Crippen LogP contribution in [0.5, 0.6) is 0 Å². The Labute approximate surface area is 79.7 Å². The topological polar surface area (TPSA) is 23.1 Å². The molecular weight excluding hydrogens is 188 g/mol. The third-order valence-corrected chi connectivity index (χ3v) is 3.78. The van der Waals surface area contributed by atoms with E-state index in [4.69, 9.17) is 0 Å². The zero-order chi connectivity index (χ0) is 9.14. The molecule has 0 spiro atoms. The van der Waals surface area contributed by atoms with Crippen LogP contribution in [-0.4, -0.2) is 23.3 Å². The Balaban J connectivity index is 2.86. The molecule has 0 bridgehead atoms. The van der Waals surface area contributed by atoms with E-state index in [-0.39, 0.29) is 0 Å². The molecule has 0 fully saturated rings. The van der Waals surface area contributed by atoms with Gasteiger partial charge in [0.15, 0.2) is 9.79 Å². The van der Waals surface area contributed by atoms with Gasteiger partial charge in [-0.1, -0.05) is 0 Å². The third-order valence-electron chi connectivity index (χ3n) is 1.63. The number of rotatable bonds is 2. The average molecular weight is 201 g/mol. The zero-order valence-corrected chi connectivity index (χ0v) is 9.17. The van der Waals surface area contributed by atoms with Gasteiger partial charge in [-0.2, -0.15) is 0 Å². The molecular formula is C9H13OS2+. The molecule has 1 atom stereocenters. The van der Waals surface area contributed by atoms with Gasteiger partial charge in [-0.05, 0) is 35.4 Å². The van der Waals surface area contributed by atoms with E-state index < -0.39 is 11.2 Å². The molecule has 0 aliphatic heterocycles. The molecule has 0 N–H and O–H groups in total. The molecule has 0 aromatic heterocycles. The van der Waals surface area contributed by atoms with Crippen molar-refractivity contribution in [2.45, 2.75) is 9.79 Å². The van der Waals surface area contributed by atoms with Crippen molar-refractivity contribution in [3.63, 3.8) is 0 Å². The summed E-state index contributed by atoms with van der Waals surface area (Å²) in [6.07, 6.45) is 6.06. The van der Waals surface area contributed by atoms with Crippen molar-refractivity contribution in [3.8, 4) is 0 Å². The van der Waals surface area contributed by atoms with E-state index in [2.05, 4.69) is 24.6 Å². The number of benzene rings is 1. The Kier molecular flexibility index (Phi) is 3.50. The summed E-state index contributed by atoms with van der Waals surface area (Å²) in [5.74, 6) is 0. The highest BCUT2D eigenvalue weighted by Gasteiger charge is 2.09. The van der Waals surface area contributed by atoms with Gasteiger partial charge < -0.3 is 4.55 Å². The second-order valence-corrected chi connectivity index (χ2v) is 6.23. The molecule has 0 saturated heterocycles. The maximum atomic E-state index is 11.0. The van der Waals surface area contributed by atoms with Crippen molar-refractivity contribution >= 4 is 22.1 Å².